The Bertz CT molecular complexity index is 1100. The highest BCUT2D eigenvalue weighted by atomic mass is 32.2. The molecule has 0 atom stereocenters. The fourth-order valence-electron chi connectivity index (χ4n) is 3.47. The smallest absolute Gasteiger partial charge is 0.236 e. The minimum atomic E-state index is -0.111. The Morgan fingerprint density at radius 1 is 1.10 bits per heavy atom. The summed E-state index contributed by atoms with van der Waals surface area (Å²) in [7, 11) is 1.80. The number of allylic oxidation sites excluding steroid dienone is 1. The van der Waals surface area contributed by atoms with Gasteiger partial charge in [0.1, 0.15) is 5.75 Å². The van der Waals surface area contributed by atoms with Gasteiger partial charge in [0.05, 0.1) is 10.6 Å². The number of para-hydroxylation sites is 1. The number of aromatic nitrogens is 2. The molecule has 0 unspecified atom stereocenters. The van der Waals surface area contributed by atoms with E-state index in [0.717, 1.165) is 29.8 Å². The van der Waals surface area contributed by atoms with Crippen LogP contribution in [0.25, 0.3) is 0 Å². The Kier molecular flexibility index (Phi) is 6.23. The van der Waals surface area contributed by atoms with Crippen LogP contribution in [0.3, 0.4) is 0 Å². The Balaban J connectivity index is 1.70. The van der Waals surface area contributed by atoms with Crippen LogP contribution in [0.5, 0.6) is 11.6 Å². The predicted molar refractivity (Wildman–Crippen MR) is 127 cm³/mol. The number of nitrogens with zero attached hydrogens (tertiary/aromatic N) is 2. The van der Waals surface area contributed by atoms with Crippen molar-refractivity contribution in [3.8, 4) is 11.6 Å². The van der Waals surface area contributed by atoms with Gasteiger partial charge in [0.2, 0.25) is 11.8 Å². The van der Waals surface area contributed by atoms with Crippen LogP contribution in [0.4, 0.5) is 5.95 Å². The zero-order valence-corrected chi connectivity index (χ0v) is 18.4. The molecule has 0 saturated heterocycles. The summed E-state index contributed by atoms with van der Waals surface area (Å²) in [6, 6.07) is 20.3. The van der Waals surface area contributed by atoms with E-state index >= 15 is 0 Å². The Morgan fingerprint density at radius 2 is 1.84 bits per heavy atom. The van der Waals surface area contributed by atoms with E-state index in [0.29, 0.717) is 16.7 Å². The lowest BCUT2D eigenvalue weighted by Gasteiger charge is -2.18. The highest BCUT2D eigenvalue weighted by Gasteiger charge is 2.47. The van der Waals surface area contributed by atoms with E-state index < -0.39 is 0 Å². The van der Waals surface area contributed by atoms with Crippen molar-refractivity contribution in [1.82, 2.24) is 15.3 Å². The van der Waals surface area contributed by atoms with Crippen LogP contribution in [0, 0.1) is 12.3 Å². The first kappa shape index (κ1) is 20.9. The molecule has 158 valence electrons. The van der Waals surface area contributed by atoms with Gasteiger partial charge in [0, 0.05) is 30.9 Å². The molecule has 6 nitrogen and oxygen atoms in total. The average molecular weight is 432 g/mol. The Morgan fingerprint density at radius 3 is 2.52 bits per heavy atom. The molecule has 3 N–H and O–H groups in total. The van der Waals surface area contributed by atoms with Gasteiger partial charge < -0.3 is 15.5 Å². The highest BCUT2D eigenvalue weighted by Crippen LogP contribution is 2.53. The summed E-state index contributed by atoms with van der Waals surface area (Å²) in [6.07, 6.45) is 5.09. The summed E-state index contributed by atoms with van der Waals surface area (Å²) >= 11 is 1.28. The first-order chi connectivity index (χ1) is 15.1. The second-order valence-corrected chi connectivity index (χ2v) is 8.29. The quantitative estimate of drug-likeness (QED) is 0.310. The van der Waals surface area contributed by atoms with Crippen LogP contribution in [0.15, 0.2) is 71.8 Å². The third kappa shape index (κ3) is 4.72. The van der Waals surface area contributed by atoms with Gasteiger partial charge in [-0.05, 0) is 48.9 Å². The second kappa shape index (κ2) is 9.22. The van der Waals surface area contributed by atoms with Crippen LogP contribution in [-0.2, 0) is 5.41 Å². The zero-order valence-electron chi connectivity index (χ0n) is 17.6. The molecule has 0 spiro atoms. The number of hydrogen-bond donors (Lipinski definition) is 3. The molecule has 0 radical (unpaired) electrons. The fraction of sp³-hybridized carbons (Fsp3) is 0.208. The van der Waals surface area contributed by atoms with Gasteiger partial charge >= 0.3 is 0 Å². The molecule has 1 fully saturated rings. The van der Waals surface area contributed by atoms with E-state index in [9.17, 15) is 0 Å². The van der Waals surface area contributed by atoms with Gasteiger partial charge in [0.25, 0.3) is 0 Å². The number of hydrogen-bond acceptors (Lipinski definition) is 7. The lowest BCUT2D eigenvalue weighted by molar-refractivity contribution is 0.457. The standard InChI is InChI=1S/C24H25N5OS/c1-17-8-6-7-11-20(17)30-22-14-21(24(12-13-24)18-9-4-3-5-10-18)27-23(28-22)29-31-19(15-25)16-26-2/h3-11,14-16,25-26H,12-13H2,1-2H3,(H,27,28,29)/b19-16+,25-15?. The SMILES string of the molecule is CN/C=C(\C=N)SNc1nc(Oc2ccccc2C)cc(C2(c3ccccc3)CC2)n1. The van der Waals surface area contributed by atoms with Crippen LogP contribution in [-0.4, -0.2) is 23.2 Å². The van der Waals surface area contributed by atoms with Gasteiger partial charge in [0.15, 0.2) is 0 Å². The number of anilines is 1. The summed E-state index contributed by atoms with van der Waals surface area (Å²) in [5.74, 6) is 1.72. The Hall–Kier alpha value is -3.32. The van der Waals surface area contributed by atoms with Crippen molar-refractivity contribution in [2.75, 3.05) is 11.8 Å². The van der Waals surface area contributed by atoms with Crippen molar-refractivity contribution in [1.29, 1.82) is 5.41 Å². The maximum atomic E-state index is 7.55. The molecule has 1 saturated carbocycles. The van der Waals surface area contributed by atoms with Crippen LogP contribution in [0.1, 0.15) is 29.7 Å². The van der Waals surface area contributed by atoms with Gasteiger partial charge in [-0.15, -0.1) is 0 Å². The zero-order chi connectivity index (χ0) is 21.7. The number of nitrogens with one attached hydrogen (secondary N) is 3. The molecule has 2 aromatic carbocycles. The lowest BCUT2D eigenvalue weighted by atomic mass is 9.92. The fourth-order valence-corrected chi connectivity index (χ4v) is 4.01. The molecule has 7 heteroatoms. The third-order valence-corrected chi connectivity index (χ3v) is 6.02. The monoisotopic (exact) mass is 431 g/mol. The van der Waals surface area contributed by atoms with E-state index in [-0.39, 0.29) is 5.41 Å². The number of aryl methyl sites for hydroxylation is 1. The third-order valence-electron chi connectivity index (χ3n) is 5.27. The van der Waals surface area contributed by atoms with Gasteiger partial charge in [-0.1, -0.05) is 48.5 Å². The molecular weight excluding hydrogens is 406 g/mol. The number of ether oxygens (including phenoxy) is 1. The van der Waals surface area contributed by atoms with Crippen LogP contribution < -0.4 is 14.8 Å². The number of benzene rings is 2. The van der Waals surface area contributed by atoms with E-state index in [1.807, 2.05) is 43.3 Å². The maximum absolute atomic E-state index is 7.55. The van der Waals surface area contributed by atoms with Gasteiger partial charge in [-0.2, -0.15) is 4.98 Å². The topological polar surface area (TPSA) is 82.9 Å². The van der Waals surface area contributed by atoms with E-state index in [1.54, 1.807) is 13.2 Å². The van der Waals surface area contributed by atoms with Crippen molar-refractivity contribution < 1.29 is 4.74 Å². The maximum Gasteiger partial charge on any atom is 0.236 e. The summed E-state index contributed by atoms with van der Waals surface area (Å²) < 4.78 is 9.33. The molecule has 4 rings (SSSR count). The Labute approximate surface area is 186 Å². The summed E-state index contributed by atoms with van der Waals surface area (Å²) in [6.45, 7) is 2.01. The first-order valence-electron chi connectivity index (χ1n) is 10.1. The van der Waals surface area contributed by atoms with Crippen LogP contribution >= 0.6 is 11.9 Å². The average Bonchev–Trinajstić information content (AvgIpc) is 3.61. The van der Waals surface area contributed by atoms with Crippen molar-refractivity contribution in [2.45, 2.75) is 25.2 Å². The number of rotatable bonds is 9. The van der Waals surface area contributed by atoms with Gasteiger partial charge in [-0.25, -0.2) is 4.98 Å². The van der Waals surface area contributed by atoms with E-state index in [2.05, 4.69) is 39.3 Å². The predicted octanol–water partition coefficient (Wildman–Crippen LogP) is 5.43. The van der Waals surface area contributed by atoms with Crippen molar-refractivity contribution in [2.24, 2.45) is 0 Å². The normalized spacial score (nSPS) is 14.6. The first-order valence-corrected chi connectivity index (χ1v) is 11.0. The molecule has 1 aliphatic carbocycles. The molecule has 0 amide bonds. The molecule has 31 heavy (non-hydrogen) atoms. The largest absolute Gasteiger partial charge is 0.439 e. The van der Waals surface area contributed by atoms with Gasteiger partial charge in [-0.3, -0.25) is 4.72 Å². The molecule has 0 aliphatic heterocycles. The highest BCUT2D eigenvalue weighted by molar-refractivity contribution is 8.05. The van der Waals surface area contributed by atoms with Crippen molar-refractivity contribution in [3.05, 3.63) is 88.6 Å². The summed E-state index contributed by atoms with van der Waals surface area (Å²) in [5.41, 5.74) is 3.12. The molecular formula is C24H25N5OS. The van der Waals surface area contributed by atoms with E-state index in [4.69, 9.17) is 15.1 Å². The minimum absolute atomic E-state index is 0.111. The molecule has 3 aromatic rings. The van der Waals surface area contributed by atoms with Crippen molar-refractivity contribution >= 4 is 24.1 Å². The summed E-state index contributed by atoms with van der Waals surface area (Å²) in [4.78, 5) is 10.1. The molecule has 0 bridgehead atoms. The second-order valence-electron chi connectivity index (χ2n) is 7.41. The molecule has 1 heterocycles. The van der Waals surface area contributed by atoms with Crippen LogP contribution in [0.2, 0.25) is 0 Å². The lowest BCUT2D eigenvalue weighted by Crippen LogP contribution is -2.13. The minimum Gasteiger partial charge on any atom is -0.439 e. The molecule has 1 aliphatic rings. The van der Waals surface area contributed by atoms with Crippen molar-refractivity contribution in [3.63, 3.8) is 0 Å². The van der Waals surface area contributed by atoms with E-state index in [1.165, 1.54) is 23.7 Å². The molecule has 1 aromatic heterocycles. The summed E-state index contributed by atoms with van der Waals surface area (Å²) in [5, 5.41) is 10.5.